The lowest BCUT2D eigenvalue weighted by Crippen LogP contribution is -2.25. The first-order chi connectivity index (χ1) is 10.2. The Bertz CT molecular complexity index is 413. The summed E-state index contributed by atoms with van der Waals surface area (Å²) in [5.41, 5.74) is 2.85. The Balaban J connectivity index is 2.60. The molecule has 0 bridgehead atoms. The highest BCUT2D eigenvalue weighted by molar-refractivity contribution is 5.27. The predicted molar refractivity (Wildman–Crippen MR) is 93.5 cm³/mol. The normalized spacial score (nSPS) is 11.0. The molecule has 0 atom stereocenters. The van der Waals surface area contributed by atoms with E-state index < -0.39 is 0 Å². The van der Waals surface area contributed by atoms with Gasteiger partial charge in [0.1, 0.15) is 0 Å². The van der Waals surface area contributed by atoms with E-state index in [2.05, 4.69) is 61.5 Å². The molecule has 0 spiro atoms. The molecule has 21 heavy (non-hydrogen) atoms. The second-order valence-corrected chi connectivity index (χ2v) is 5.89. The van der Waals surface area contributed by atoms with Crippen LogP contribution in [0, 0.1) is 5.92 Å². The molecule has 0 saturated carbocycles. The molecule has 0 saturated heterocycles. The Morgan fingerprint density at radius 1 is 1.10 bits per heavy atom. The molecular weight excluding hydrogens is 256 g/mol. The second kappa shape index (κ2) is 10.4. The number of hydrogen-bond donors (Lipinski definition) is 1. The van der Waals surface area contributed by atoms with Crippen molar-refractivity contribution < 1.29 is 0 Å². The summed E-state index contributed by atoms with van der Waals surface area (Å²) in [7, 11) is 0. The smallest absolute Gasteiger partial charge is 0.0243 e. The summed E-state index contributed by atoms with van der Waals surface area (Å²) in [5.74, 6) is 0.705. The molecule has 2 heteroatoms. The van der Waals surface area contributed by atoms with Crippen LogP contribution >= 0.6 is 0 Å². The minimum Gasteiger partial charge on any atom is -0.316 e. The average Bonchev–Trinajstić information content (AvgIpc) is 2.45. The third-order valence-electron chi connectivity index (χ3n) is 3.41. The number of nitrogens with one attached hydrogen (secondary N) is 1. The van der Waals surface area contributed by atoms with Crippen LogP contribution in [0.25, 0.3) is 0 Å². The minimum atomic E-state index is 0.705. The van der Waals surface area contributed by atoms with Crippen molar-refractivity contribution in [3.63, 3.8) is 0 Å². The van der Waals surface area contributed by atoms with E-state index in [1.165, 1.54) is 11.1 Å². The first-order valence-electron chi connectivity index (χ1n) is 7.89. The van der Waals surface area contributed by atoms with Gasteiger partial charge in [-0.25, -0.2) is 0 Å². The van der Waals surface area contributed by atoms with Gasteiger partial charge in [0.05, 0.1) is 0 Å². The maximum atomic E-state index is 3.84. The monoisotopic (exact) mass is 286 g/mol. The zero-order valence-electron chi connectivity index (χ0n) is 13.6. The summed E-state index contributed by atoms with van der Waals surface area (Å²) >= 11 is 0. The maximum absolute atomic E-state index is 3.84. The number of benzene rings is 1. The van der Waals surface area contributed by atoms with Crippen LogP contribution in [0.5, 0.6) is 0 Å². The van der Waals surface area contributed by atoms with Crippen LogP contribution in [0.3, 0.4) is 0 Å². The number of hydrogen-bond acceptors (Lipinski definition) is 2. The highest BCUT2D eigenvalue weighted by Gasteiger charge is 2.06. The van der Waals surface area contributed by atoms with E-state index in [1.54, 1.807) is 0 Å². The van der Waals surface area contributed by atoms with E-state index in [0.29, 0.717) is 5.92 Å². The Hall–Kier alpha value is -1.38. The summed E-state index contributed by atoms with van der Waals surface area (Å²) in [6.45, 7) is 17.0. The van der Waals surface area contributed by atoms with Crippen molar-refractivity contribution in [3.8, 4) is 0 Å². The molecule has 116 valence electrons. The van der Waals surface area contributed by atoms with E-state index in [9.17, 15) is 0 Å². The number of rotatable bonds is 11. The van der Waals surface area contributed by atoms with Crippen molar-refractivity contribution in [3.05, 3.63) is 60.7 Å². The fourth-order valence-corrected chi connectivity index (χ4v) is 2.38. The Kier molecular flexibility index (Phi) is 8.72. The van der Waals surface area contributed by atoms with E-state index in [4.69, 9.17) is 0 Å². The Morgan fingerprint density at radius 2 is 1.71 bits per heavy atom. The Morgan fingerprint density at radius 3 is 2.29 bits per heavy atom. The van der Waals surface area contributed by atoms with Gasteiger partial charge in [-0.2, -0.15) is 0 Å². The molecule has 1 rings (SSSR count). The first-order valence-corrected chi connectivity index (χ1v) is 7.89. The molecule has 0 aliphatic carbocycles. The summed E-state index contributed by atoms with van der Waals surface area (Å²) in [5, 5.41) is 3.52. The van der Waals surface area contributed by atoms with Crippen molar-refractivity contribution in [2.45, 2.75) is 26.8 Å². The summed E-state index contributed by atoms with van der Waals surface area (Å²) < 4.78 is 0. The lowest BCUT2D eigenvalue weighted by Gasteiger charge is -2.21. The molecule has 0 aromatic heterocycles. The van der Waals surface area contributed by atoms with E-state index in [0.717, 1.165) is 39.1 Å². The second-order valence-electron chi connectivity index (χ2n) is 5.89. The van der Waals surface area contributed by atoms with Gasteiger partial charge in [-0.1, -0.05) is 50.3 Å². The van der Waals surface area contributed by atoms with Crippen molar-refractivity contribution in [1.29, 1.82) is 0 Å². The SMILES string of the molecule is C=CCN(CC=C)Cc1ccccc1CCNCC(C)C. The summed E-state index contributed by atoms with van der Waals surface area (Å²) in [6.07, 6.45) is 4.99. The van der Waals surface area contributed by atoms with Gasteiger partial charge >= 0.3 is 0 Å². The van der Waals surface area contributed by atoms with Gasteiger partial charge in [-0.15, -0.1) is 13.2 Å². The summed E-state index contributed by atoms with van der Waals surface area (Å²) in [4.78, 5) is 2.35. The molecule has 1 aromatic carbocycles. The molecule has 2 nitrogen and oxygen atoms in total. The lowest BCUT2D eigenvalue weighted by atomic mass is 10.0. The molecule has 0 unspecified atom stereocenters. The first kappa shape index (κ1) is 17.7. The third-order valence-corrected chi connectivity index (χ3v) is 3.41. The third kappa shape index (κ3) is 7.26. The fraction of sp³-hybridized carbons (Fsp3) is 0.474. The van der Waals surface area contributed by atoms with Crippen LogP contribution in [-0.4, -0.2) is 31.1 Å². The fourth-order valence-electron chi connectivity index (χ4n) is 2.38. The zero-order valence-corrected chi connectivity index (χ0v) is 13.6. The predicted octanol–water partition coefficient (Wildman–Crippen LogP) is 3.65. The molecule has 0 heterocycles. The maximum Gasteiger partial charge on any atom is 0.0243 e. The summed E-state index contributed by atoms with van der Waals surface area (Å²) in [6, 6.07) is 8.73. The highest BCUT2D eigenvalue weighted by atomic mass is 15.1. The highest BCUT2D eigenvalue weighted by Crippen LogP contribution is 2.12. The average molecular weight is 286 g/mol. The van der Waals surface area contributed by atoms with Crippen molar-refractivity contribution in [1.82, 2.24) is 10.2 Å². The molecular formula is C19H30N2. The number of nitrogens with zero attached hydrogens (tertiary/aromatic N) is 1. The molecule has 0 aliphatic rings. The van der Waals surface area contributed by atoms with Gasteiger partial charge in [0.2, 0.25) is 0 Å². The van der Waals surface area contributed by atoms with Crippen LogP contribution in [0.15, 0.2) is 49.6 Å². The zero-order chi connectivity index (χ0) is 15.5. The quantitative estimate of drug-likeness (QED) is 0.493. The van der Waals surface area contributed by atoms with Crippen LogP contribution in [0.1, 0.15) is 25.0 Å². The molecule has 0 aliphatic heterocycles. The molecule has 1 N–H and O–H groups in total. The molecule has 1 aromatic rings. The van der Waals surface area contributed by atoms with E-state index in [-0.39, 0.29) is 0 Å². The van der Waals surface area contributed by atoms with Crippen molar-refractivity contribution in [2.24, 2.45) is 5.92 Å². The standard InChI is InChI=1S/C19H30N2/c1-5-13-21(14-6-2)16-19-10-8-7-9-18(19)11-12-20-15-17(3)4/h5-10,17,20H,1-2,11-16H2,3-4H3. The van der Waals surface area contributed by atoms with Gasteiger partial charge in [-0.3, -0.25) is 4.90 Å². The van der Waals surface area contributed by atoms with E-state index in [1.807, 2.05) is 12.2 Å². The largest absolute Gasteiger partial charge is 0.316 e. The van der Waals surface area contributed by atoms with Crippen molar-refractivity contribution >= 4 is 0 Å². The molecule has 0 radical (unpaired) electrons. The minimum absolute atomic E-state index is 0.705. The topological polar surface area (TPSA) is 15.3 Å². The Labute approximate surface area is 130 Å². The van der Waals surface area contributed by atoms with Gasteiger partial charge in [0.15, 0.2) is 0 Å². The van der Waals surface area contributed by atoms with Crippen LogP contribution in [0.2, 0.25) is 0 Å². The van der Waals surface area contributed by atoms with Gasteiger partial charge in [0.25, 0.3) is 0 Å². The van der Waals surface area contributed by atoms with Gasteiger partial charge in [-0.05, 0) is 36.6 Å². The van der Waals surface area contributed by atoms with Crippen molar-refractivity contribution in [2.75, 3.05) is 26.2 Å². The molecule has 0 amide bonds. The van der Waals surface area contributed by atoms with Gasteiger partial charge < -0.3 is 5.32 Å². The van der Waals surface area contributed by atoms with E-state index >= 15 is 0 Å². The van der Waals surface area contributed by atoms with Crippen LogP contribution in [0.4, 0.5) is 0 Å². The van der Waals surface area contributed by atoms with Crippen LogP contribution in [-0.2, 0) is 13.0 Å². The van der Waals surface area contributed by atoms with Gasteiger partial charge in [0, 0.05) is 19.6 Å². The molecule has 0 fully saturated rings. The van der Waals surface area contributed by atoms with Crippen LogP contribution < -0.4 is 5.32 Å². The lowest BCUT2D eigenvalue weighted by molar-refractivity contribution is 0.326.